The lowest BCUT2D eigenvalue weighted by Crippen LogP contribution is -2.28. The van der Waals surface area contributed by atoms with Crippen LogP contribution in [0.15, 0.2) is 19.8 Å². The number of carbonyl (C=O) groups excluding carboxylic acids is 1. The maximum absolute atomic E-state index is 11.8. The highest BCUT2D eigenvalue weighted by atomic mass is 79.9. The van der Waals surface area contributed by atoms with E-state index in [9.17, 15) is 14.7 Å². The third kappa shape index (κ3) is 2.98. The first-order valence-corrected chi connectivity index (χ1v) is 6.59. The molecule has 2 atom stereocenters. The largest absolute Gasteiger partial charge is 0.480 e. The molecular formula is C12H13BrO6. The van der Waals surface area contributed by atoms with E-state index in [0.29, 0.717) is 17.3 Å². The van der Waals surface area contributed by atoms with Crippen LogP contribution in [0.4, 0.5) is 0 Å². The zero-order valence-electron chi connectivity index (χ0n) is 10.2. The molecule has 6 nitrogen and oxygen atoms in total. The van der Waals surface area contributed by atoms with E-state index in [-0.39, 0.29) is 11.5 Å². The molecule has 1 saturated carbocycles. The minimum Gasteiger partial charge on any atom is -0.480 e. The smallest absolute Gasteiger partial charge is 0.380 e. The summed E-state index contributed by atoms with van der Waals surface area (Å²) < 4.78 is 15.0. The summed E-state index contributed by atoms with van der Waals surface area (Å²) in [5, 5.41) is 9.67. The van der Waals surface area contributed by atoms with Crippen molar-refractivity contribution in [2.45, 2.75) is 31.5 Å². The van der Waals surface area contributed by atoms with Gasteiger partial charge >= 0.3 is 11.6 Å². The van der Waals surface area contributed by atoms with Gasteiger partial charge in [0.1, 0.15) is 6.10 Å². The molecule has 1 aromatic heterocycles. The summed E-state index contributed by atoms with van der Waals surface area (Å²) in [5.41, 5.74) is -0.783. The number of hydrogen-bond acceptors (Lipinski definition) is 6. The fourth-order valence-electron chi connectivity index (χ4n) is 1.95. The number of ether oxygens (including phenoxy) is 2. The Kier molecular flexibility index (Phi) is 4.26. The second kappa shape index (κ2) is 5.75. The molecule has 7 heteroatoms. The lowest BCUT2D eigenvalue weighted by molar-refractivity contribution is 0.0524. The van der Waals surface area contributed by atoms with Crippen LogP contribution in [0.3, 0.4) is 0 Å². The van der Waals surface area contributed by atoms with Gasteiger partial charge in [-0.15, -0.1) is 0 Å². The number of methoxy groups -OCH3 is 1. The first kappa shape index (κ1) is 14.1. The first-order valence-electron chi connectivity index (χ1n) is 5.79. The number of aliphatic hydroxyl groups is 1. The molecule has 104 valence electrons. The number of carbonyl (C=O) groups is 1. The minimum atomic E-state index is -0.783. The van der Waals surface area contributed by atoms with Crippen LogP contribution < -0.4 is 10.4 Å². The number of aliphatic hydroxyl groups excluding tert-OH is 1. The fraction of sp³-hybridized carbons (Fsp3) is 0.500. The van der Waals surface area contributed by atoms with Gasteiger partial charge in [0.25, 0.3) is 0 Å². The predicted molar refractivity (Wildman–Crippen MR) is 68.3 cm³/mol. The van der Waals surface area contributed by atoms with Crippen LogP contribution in [0.25, 0.3) is 0 Å². The molecule has 1 unspecified atom stereocenters. The van der Waals surface area contributed by atoms with E-state index < -0.39 is 23.8 Å². The molecule has 1 aliphatic carbocycles. The highest BCUT2D eigenvalue weighted by Crippen LogP contribution is 2.28. The first-order chi connectivity index (χ1) is 9.02. The molecule has 1 N–H and O–H groups in total. The van der Waals surface area contributed by atoms with Gasteiger partial charge in [0.2, 0.25) is 11.5 Å². The monoisotopic (exact) mass is 332 g/mol. The maximum atomic E-state index is 11.8. The van der Waals surface area contributed by atoms with E-state index in [1.54, 1.807) is 0 Å². The van der Waals surface area contributed by atoms with Crippen molar-refractivity contribution in [1.82, 2.24) is 0 Å². The Morgan fingerprint density at radius 3 is 2.79 bits per heavy atom. The number of halogens is 1. The SMILES string of the molecule is COC(=O)c1cc(Br)c(OC2CCC[C@@H]2O)c(=O)o1. The summed E-state index contributed by atoms with van der Waals surface area (Å²) >= 11 is 3.15. The second-order valence-electron chi connectivity index (χ2n) is 4.22. The van der Waals surface area contributed by atoms with Crippen molar-refractivity contribution >= 4 is 21.9 Å². The van der Waals surface area contributed by atoms with Crippen LogP contribution in [-0.4, -0.2) is 30.4 Å². The van der Waals surface area contributed by atoms with Crippen LogP contribution in [0.1, 0.15) is 29.8 Å². The zero-order valence-corrected chi connectivity index (χ0v) is 11.8. The highest BCUT2D eigenvalue weighted by Gasteiger charge is 2.29. The van der Waals surface area contributed by atoms with E-state index in [1.807, 2.05) is 0 Å². The normalized spacial score (nSPS) is 22.3. The van der Waals surface area contributed by atoms with Crippen LogP contribution in [0.5, 0.6) is 5.75 Å². The Hall–Kier alpha value is -1.34. The van der Waals surface area contributed by atoms with Gasteiger partial charge in [0.05, 0.1) is 17.7 Å². The Morgan fingerprint density at radius 2 is 2.26 bits per heavy atom. The van der Waals surface area contributed by atoms with Gasteiger partial charge in [-0.1, -0.05) is 0 Å². The molecular weight excluding hydrogens is 320 g/mol. The molecule has 19 heavy (non-hydrogen) atoms. The van der Waals surface area contributed by atoms with Crippen molar-refractivity contribution in [3.63, 3.8) is 0 Å². The molecule has 0 spiro atoms. The summed E-state index contributed by atoms with van der Waals surface area (Å²) in [6.45, 7) is 0. The van der Waals surface area contributed by atoms with Gasteiger partial charge in [0, 0.05) is 6.07 Å². The lowest BCUT2D eigenvalue weighted by atomic mass is 10.2. The van der Waals surface area contributed by atoms with Crippen LogP contribution in [0, 0.1) is 0 Å². The molecule has 1 aliphatic rings. The van der Waals surface area contributed by atoms with Gasteiger partial charge in [-0.25, -0.2) is 9.59 Å². The van der Waals surface area contributed by atoms with E-state index in [4.69, 9.17) is 9.15 Å². The molecule has 1 heterocycles. The molecule has 0 aliphatic heterocycles. The van der Waals surface area contributed by atoms with Crippen molar-refractivity contribution in [3.05, 3.63) is 26.7 Å². The van der Waals surface area contributed by atoms with Crippen molar-refractivity contribution in [3.8, 4) is 5.75 Å². The molecule has 0 bridgehead atoms. The summed E-state index contributed by atoms with van der Waals surface area (Å²) in [5.74, 6) is -0.998. The van der Waals surface area contributed by atoms with E-state index in [0.717, 1.165) is 6.42 Å². The average Bonchev–Trinajstić information content (AvgIpc) is 2.78. The summed E-state index contributed by atoms with van der Waals surface area (Å²) in [6.07, 6.45) is 1.14. The van der Waals surface area contributed by atoms with Crippen molar-refractivity contribution in [1.29, 1.82) is 0 Å². The van der Waals surface area contributed by atoms with E-state index >= 15 is 0 Å². The van der Waals surface area contributed by atoms with Crippen LogP contribution >= 0.6 is 15.9 Å². The Bertz CT molecular complexity index is 538. The van der Waals surface area contributed by atoms with E-state index in [2.05, 4.69) is 20.7 Å². The number of hydrogen-bond donors (Lipinski definition) is 1. The van der Waals surface area contributed by atoms with Crippen LogP contribution in [-0.2, 0) is 4.74 Å². The van der Waals surface area contributed by atoms with E-state index in [1.165, 1.54) is 13.2 Å². The van der Waals surface area contributed by atoms with Crippen molar-refractivity contribution in [2.24, 2.45) is 0 Å². The Morgan fingerprint density at radius 1 is 1.53 bits per heavy atom. The molecule has 0 amide bonds. The van der Waals surface area contributed by atoms with Gasteiger partial charge in [-0.3, -0.25) is 0 Å². The molecule has 1 aromatic rings. The van der Waals surface area contributed by atoms with Crippen molar-refractivity contribution < 1.29 is 23.8 Å². The average molecular weight is 333 g/mol. The Labute approximate surface area is 117 Å². The molecule has 0 saturated heterocycles. The topological polar surface area (TPSA) is 86.0 Å². The highest BCUT2D eigenvalue weighted by molar-refractivity contribution is 9.10. The Balaban J connectivity index is 2.27. The van der Waals surface area contributed by atoms with Gasteiger partial charge in [-0.05, 0) is 35.2 Å². The quantitative estimate of drug-likeness (QED) is 0.844. The molecule has 0 aromatic carbocycles. The van der Waals surface area contributed by atoms with Gasteiger partial charge < -0.3 is 19.0 Å². The number of esters is 1. The summed E-state index contributed by atoms with van der Waals surface area (Å²) in [6, 6.07) is 1.31. The molecule has 1 fully saturated rings. The lowest BCUT2D eigenvalue weighted by Gasteiger charge is -2.16. The third-order valence-electron chi connectivity index (χ3n) is 2.94. The maximum Gasteiger partial charge on any atom is 0.380 e. The zero-order chi connectivity index (χ0) is 14.0. The standard InChI is InChI=1S/C12H13BrO6/c1-17-11(15)9-5-6(13)10(12(16)19-9)18-8-4-2-3-7(8)14/h5,7-8,14H,2-4H2,1H3/t7-,8?/m0/s1. The number of rotatable bonds is 3. The third-order valence-corrected chi connectivity index (χ3v) is 3.53. The second-order valence-corrected chi connectivity index (χ2v) is 5.08. The summed E-state index contributed by atoms with van der Waals surface area (Å²) in [7, 11) is 1.19. The van der Waals surface area contributed by atoms with Crippen molar-refractivity contribution in [2.75, 3.05) is 7.11 Å². The molecule has 2 rings (SSSR count). The molecule has 0 radical (unpaired) electrons. The summed E-state index contributed by atoms with van der Waals surface area (Å²) in [4.78, 5) is 23.0. The van der Waals surface area contributed by atoms with Crippen LogP contribution in [0.2, 0.25) is 0 Å². The minimum absolute atomic E-state index is 0.0430. The fourth-order valence-corrected chi connectivity index (χ4v) is 2.42. The predicted octanol–water partition coefficient (Wildman–Crippen LogP) is 1.48. The van der Waals surface area contributed by atoms with Gasteiger partial charge in [-0.2, -0.15) is 0 Å². The van der Waals surface area contributed by atoms with Gasteiger partial charge in [0.15, 0.2) is 0 Å².